The lowest BCUT2D eigenvalue weighted by molar-refractivity contribution is 0.0872. The molecule has 1 saturated heterocycles. The number of H-pyrrole nitrogens is 1. The van der Waals surface area contributed by atoms with Gasteiger partial charge < -0.3 is 15.0 Å². The summed E-state index contributed by atoms with van der Waals surface area (Å²) in [5.41, 5.74) is 1.16. The van der Waals surface area contributed by atoms with E-state index < -0.39 is 0 Å². The van der Waals surface area contributed by atoms with Gasteiger partial charge in [0, 0.05) is 31.6 Å². The monoisotopic (exact) mass is 223 g/mol. The van der Waals surface area contributed by atoms with Crippen LogP contribution in [-0.4, -0.2) is 29.2 Å². The number of aromatic amines is 1. The highest BCUT2D eigenvalue weighted by Crippen LogP contribution is 2.22. The zero-order valence-electron chi connectivity index (χ0n) is 10.1. The molecule has 16 heavy (non-hydrogen) atoms. The van der Waals surface area contributed by atoms with Crippen molar-refractivity contribution in [3.63, 3.8) is 0 Å². The average Bonchev–Trinajstić information content (AvgIpc) is 2.87. The molecule has 2 atom stereocenters. The van der Waals surface area contributed by atoms with Crippen LogP contribution in [0.4, 0.5) is 0 Å². The van der Waals surface area contributed by atoms with Crippen molar-refractivity contribution in [2.75, 3.05) is 13.2 Å². The lowest BCUT2D eigenvalue weighted by atomic mass is 10.00. The number of rotatable bonds is 5. The van der Waals surface area contributed by atoms with Crippen molar-refractivity contribution < 1.29 is 4.74 Å². The van der Waals surface area contributed by atoms with Crippen molar-refractivity contribution in [1.29, 1.82) is 0 Å². The predicted molar refractivity (Wildman–Crippen MR) is 63.2 cm³/mol. The first-order chi connectivity index (χ1) is 7.79. The van der Waals surface area contributed by atoms with Crippen LogP contribution in [0.15, 0.2) is 6.20 Å². The molecule has 0 spiro atoms. The van der Waals surface area contributed by atoms with E-state index >= 15 is 0 Å². The largest absolute Gasteiger partial charge is 0.378 e. The molecule has 1 aromatic heterocycles. The summed E-state index contributed by atoms with van der Waals surface area (Å²) in [6, 6.07) is 0. The first kappa shape index (κ1) is 11.6. The van der Waals surface area contributed by atoms with Crippen molar-refractivity contribution in [3.8, 4) is 0 Å². The highest BCUT2D eigenvalue weighted by Gasteiger charge is 2.25. The lowest BCUT2D eigenvalue weighted by Gasteiger charge is -2.16. The third kappa shape index (κ3) is 2.83. The van der Waals surface area contributed by atoms with E-state index in [4.69, 9.17) is 4.74 Å². The highest BCUT2D eigenvalue weighted by molar-refractivity contribution is 4.99. The Balaban J connectivity index is 1.71. The van der Waals surface area contributed by atoms with E-state index in [1.165, 1.54) is 6.42 Å². The van der Waals surface area contributed by atoms with Crippen molar-refractivity contribution >= 4 is 0 Å². The molecule has 4 heteroatoms. The minimum atomic E-state index is 0.455. The maximum absolute atomic E-state index is 5.66. The van der Waals surface area contributed by atoms with E-state index in [1.54, 1.807) is 0 Å². The summed E-state index contributed by atoms with van der Waals surface area (Å²) >= 11 is 0. The number of nitrogens with zero attached hydrogens (tertiary/aromatic N) is 1. The van der Waals surface area contributed by atoms with Gasteiger partial charge in [0.2, 0.25) is 0 Å². The molecule has 90 valence electrons. The van der Waals surface area contributed by atoms with Crippen LogP contribution in [0.1, 0.15) is 31.3 Å². The quantitative estimate of drug-likeness (QED) is 0.797. The minimum Gasteiger partial charge on any atom is -0.378 e. The van der Waals surface area contributed by atoms with E-state index in [-0.39, 0.29) is 0 Å². The topological polar surface area (TPSA) is 49.9 Å². The van der Waals surface area contributed by atoms with Gasteiger partial charge in [0.05, 0.1) is 6.10 Å². The van der Waals surface area contributed by atoms with Crippen LogP contribution in [-0.2, 0) is 11.3 Å². The van der Waals surface area contributed by atoms with Crippen molar-refractivity contribution in [2.24, 2.45) is 5.92 Å². The number of nitrogens with one attached hydrogen (secondary N) is 2. The van der Waals surface area contributed by atoms with Gasteiger partial charge in [0.25, 0.3) is 0 Å². The Morgan fingerprint density at radius 3 is 3.19 bits per heavy atom. The fourth-order valence-electron chi connectivity index (χ4n) is 2.33. The fraction of sp³-hybridized carbons (Fsp3) is 0.750. The third-order valence-electron chi connectivity index (χ3n) is 3.23. The molecule has 2 rings (SSSR count). The number of ether oxygens (including phenoxy) is 1. The Bertz CT molecular complexity index is 324. The fourth-order valence-corrected chi connectivity index (χ4v) is 2.33. The first-order valence-corrected chi connectivity index (χ1v) is 6.12. The second-order valence-electron chi connectivity index (χ2n) is 4.49. The molecule has 0 bridgehead atoms. The summed E-state index contributed by atoms with van der Waals surface area (Å²) in [7, 11) is 0. The van der Waals surface area contributed by atoms with Crippen LogP contribution in [0.3, 0.4) is 0 Å². The molecule has 2 N–H and O–H groups in total. The standard InChI is InChI=1S/C12H21N3O/c1-3-12-10(4-5-16-12)6-13-7-11-8-14-9(2)15-11/h8,10,12-13H,3-7H2,1-2H3,(H,14,15). The van der Waals surface area contributed by atoms with Crippen molar-refractivity contribution in [3.05, 3.63) is 17.7 Å². The van der Waals surface area contributed by atoms with Gasteiger partial charge in [-0.2, -0.15) is 0 Å². The van der Waals surface area contributed by atoms with Crippen LogP contribution in [0.5, 0.6) is 0 Å². The molecule has 0 amide bonds. The molecule has 4 nitrogen and oxygen atoms in total. The Morgan fingerprint density at radius 1 is 1.62 bits per heavy atom. The zero-order valence-corrected chi connectivity index (χ0v) is 10.1. The number of hydrogen-bond donors (Lipinski definition) is 2. The minimum absolute atomic E-state index is 0.455. The van der Waals surface area contributed by atoms with Crippen molar-refractivity contribution in [2.45, 2.75) is 39.3 Å². The van der Waals surface area contributed by atoms with E-state index in [9.17, 15) is 0 Å². The summed E-state index contributed by atoms with van der Waals surface area (Å²) in [4.78, 5) is 7.40. The molecule has 0 aromatic carbocycles. The maximum Gasteiger partial charge on any atom is 0.103 e. The van der Waals surface area contributed by atoms with Crippen LogP contribution in [0.2, 0.25) is 0 Å². The summed E-state index contributed by atoms with van der Waals surface area (Å²) in [5.74, 6) is 1.65. The van der Waals surface area contributed by atoms with Gasteiger partial charge in [0.1, 0.15) is 5.82 Å². The third-order valence-corrected chi connectivity index (χ3v) is 3.23. The van der Waals surface area contributed by atoms with Crippen LogP contribution >= 0.6 is 0 Å². The molecule has 2 unspecified atom stereocenters. The summed E-state index contributed by atoms with van der Waals surface area (Å²) in [6.07, 6.45) is 4.66. The van der Waals surface area contributed by atoms with Crippen LogP contribution < -0.4 is 5.32 Å². The van der Waals surface area contributed by atoms with Gasteiger partial charge in [-0.25, -0.2) is 4.98 Å². The molecule has 0 aliphatic carbocycles. The number of aryl methyl sites for hydroxylation is 1. The number of imidazole rings is 1. The number of aromatic nitrogens is 2. The maximum atomic E-state index is 5.66. The Hall–Kier alpha value is -0.870. The predicted octanol–water partition coefficient (Wildman–Crippen LogP) is 1.62. The second-order valence-corrected chi connectivity index (χ2v) is 4.49. The van der Waals surface area contributed by atoms with Gasteiger partial charge in [-0.3, -0.25) is 0 Å². The molecule has 1 aliphatic rings. The molecule has 1 aliphatic heterocycles. The number of hydrogen-bond acceptors (Lipinski definition) is 3. The molecule has 0 saturated carbocycles. The zero-order chi connectivity index (χ0) is 11.4. The Morgan fingerprint density at radius 2 is 2.50 bits per heavy atom. The highest BCUT2D eigenvalue weighted by atomic mass is 16.5. The first-order valence-electron chi connectivity index (χ1n) is 6.12. The van der Waals surface area contributed by atoms with E-state index in [0.29, 0.717) is 12.0 Å². The van der Waals surface area contributed by atoms with Crippen LogP contribution in [0.25, 0.3) is 0 Å². The SMILES string of the molecule is CCC1OCCC1CNCc1cnc(C)[nH]1. The summed E-state index contributed by atoms with van der Waals surface area (Å²) in [5, 5.41) is 3.47. The van der Waals surface area contributed by atoms with Crippen LogP contribution in [0, 0.1) is 12.8 Å². The van der Waals surface area contributed by atoms with Gasteiger partial charge in [-0.15, -0.1) is 0 Å². The van der Waals surface area contributed by atoms with E-state index in [1.807, 2.05) is 13.1 Å². The molecule has 2 heterocycles. The van der Waals surface area contributed by atoms with E-state index in [2.05, 4.69) is 22.2 Å². The molecular weight excluding hydrogens is 202 g/mol. The Labute approximate surface area is 96.8 Å². The summed E-state index contributed by atoms with van der Waals surface area (Å²) in [6.45, 7) is 7.00. The normalized spacial score (nSPS) is 25.1. The van der Waals surface area contributed by atoms with Gasteiger partial charge >= 0.3 is 0 Å². The second kappa shape index (κ2) is 5.46. The van der Waals surface area contributed by atoms with E-state index in [0.717, 1.165) is 37.6 Å². The van der Waals surface area contributed by atoms with Crippen molar-refractivity contribution in [1.82, 2.24) is 15.3 Å². The Kier molecular flexibility index (Phi) is 3.96. The van der Waals surface area contributed by atoms with Gasteiger partial charge in [-0.1, -0.05) is 6.92 Å². The van der Waals surface area contributed by atoms with Gasteiger partial charge in [0.15, 0.2) is 0 Å². The average molecular weight is 223 g/mol. The molecule has 1 fully saturated rings. The molecule has 1 aromatic rings. The lowest BCUT2D eigenvalue weighted by Crippen LogP contribution is -2.28. The smallest absolute Gasteiger partial charge is 0.103 e. The summed E-state index contributed by atoms with van der Waals surface area (Å²) < 4.78 is 5.66. The molecular formula is C12H21N3O. The molecule has 0 radical (unpaired) electrons. The van der Waals surface area contributed by atoms with Gasteiger partial charge in [-0.05, 0) is 25.7 Å².